The monoisotopic (exact) mass is 395 g/mol. The third-order valence-corrected chi connectivity index (χ3v) is 4.75. The van der Waals surface area contributed by atoms with Gasteiger partial charge >= 0.3 is 17.9 Å². The zero-order valence-electron chi connectivity index (χ0n) is 15.0. The molecule has 1 heterocycles. The van der Waals surface area contributed by atoms with Crippen molar-refractivity contribution >= 4 is 6.03 Å². The first kappa shape index (κ1) is 18.6. The quantitative estimate of drug-likeness (QED) is 0.789. The van der Waals surface area contributed by atoms with Crippen LogP contribution in [0.2, 0.25) is 0 Å². The third-order valence-electron chi connectivity index (χ3n) is 4.75. The fourth-order valence-electron chi connectivity index (χ4n) is 3.00. The van der Waals surface area contributed by atoms with E-state index in [9.17, 15) is 22.8 Å². The lowest BCUT2D eigenvalue weighted by Gasteiger charge is -2.09. The first-order valence-corrected chi connectivity index (χ1v) is 9.24. The number of aromatic nitrogens is 3. The summed E-state index contributed by atoms with van der Waals surface area (Å²) in [6.07, 6.45) is -0.945. The van der Waals surface area contributed by atoms with Crippen LogP contribution in [0.25, 0.3) is 11.4 Å². The highest BCUT2D eigenvalue weighted by atomic mass is 19.4. The van der Waals surface area contributed by atoms with Gasteiger partial charge in [0.1, 0.15) is 0 Å². The normalized spacial score (nSPS) is 16.8. The summed E-state index contributed by atoms with van der Waals surface area (Å²) in [5.41, 5.74) is -0.913. The van der Waals surface area contributed by atoms with E-state index < -0.39 is 11.7 Å². The molecule has 0 atom stereocenters. The Morgan fingerprint density at radius 1 is 1.21 bits per heavy atom. The summed E-state index contributed by atoms with van der Waals surface area (Å²) in [7, 11) is 0. The van der Waals surface area contributed by atoms with Gasteiger partial charge in [0.2, 0.25) is 0 Å². The molecule has 2 aromatic rings. The second kappa shape index (κ2) is 6.99. The van der Waals surface area contributed by atoms with Crippen molar-refractivity contribution in [3.63, 3.8) is 0 Å². The number of halogens is 3. The molecule has 2 aliphatic rings. The molecule has 2 amide bonds. The molecule has 2 saturated carbocycles. The highest BCUT2D eigenvalue weighted by molar-refractivity contribution is 5.74. The van der Waals surface area contributed by atoms with E-state index in [-0.39, 0.29) is 48.3 Å². The van der Waals surface area contributed by atoms with Gasteiger partial charge in [-0.25, -0.2) is 14.3 Å². The number of urea groups is 1. The van der Waals surface area contributed by atoms with Crippen molar-refractivity contribution in [3.8, 4) is 11.4 Å². The van der Waals surface area contributed by atoms with E-state index in [1.54, 1.807) is 0 Å². The second-order valence-corrected chi connectivity index (χ2v) is 7.18. The van der Waals surface area contributed by atoms with E-state index in [0.29, 0.717) is 0 Å². The van der Waals surface area contributed by atoms with E-state index in [1.165, 1.54) is 21.4 Å². The maximum absolute atomic E-state index is 13.0. The first-order chi connectivity index (χ1) is 13.3. The number of hydrogen-bond acceptors (Lipinski definition) is 3. The van der Waals surface area contributed by atoms with Crippen LogP contribution in [0.1, 0.15) is 37.3 Å². The average molecular weight is 395 g/mol. The molecule has 0 bridgehead atoms. The summed E-state index contributed by atoms with van der Waals surface area (Å²) >= 11 is 0. The molecular formula is C18H20F3N5O2. The van der Waals surface area contributed by atoms with Crippen molar-refractivity contribution in [2.75, 3.05) is 6.54 Å². The van der Waals surface area contributed by atoms with Crippen LogP contribution in [-0.2, 0) is 12.7 Å². The predicted octanol–water partition coefficient (Wildman–Crippen LogP) is 2.53. The fraction of sp³-hybridized carbons (Fsp3) is 0.500. The van der Waals surface area contributed by atoms with Gasteiger partial charge in [-0.2, -0.15) is 13.2 Å². The van der Waals surface area contributed by atoms with Gasteiger partial charge in [0.05, 0.1) is 12.1 Å². The molecule has 7 nitrogen and oxygen atoms in total. The number of nitrogens with one attached hydrogen (secondary N) is 2. The van der Waals surface area contributed by atoms with Crippen molar-refractivity contribution in [2.24, 2.45) is 0 Å². The zero-order valence-corrected chi connectivity index (χ0v) is 15.0. The lowest BCUT2D eigenvalue weighted by Crippen LogP contribution is -2.39. The standard InChI is InChI=1S/C18H20F3N5O2/c19-18(20,21)12-3-1-2-11(10-12)15-24-25(17(28)26(15)14-6-7-14)9-8-22-16(27)23-13-4-5-13/h1-3,10,13-14H,4-9H2,(H2,22,23,27). The Hall–Kier alpha value is -2.78. The number of nitrogens with zero attached hydrogens (tertiary/aromatic N) is 3. The average Bonchev–Trinajstić information content (AvgIpc) is 3.56. The number of carbonyl (C=O) groups excluding carboxylic acids is 1. The van der Waals surface area contributed by atoms with Crippen LogP contribution in [0.4, 0.5) is 18.0 Å². The molecule has 10 heteroatoms. The molecule has 0 radical (unpaired) electrons. The predicted molar refractivity (Wildman–Crippen MR) is 94.8 cm³/mol. The molecule has 150 valence electrons. The van der Waals surface area contributed by atoms with Gasteiger partial charge in [-0.05, 0) is 37.8 Å². The molecule has 0 unspecified atom stereocenters. The molecule has 2 fully saturated rings. The summed E-state index contributed by atoms with van der Waals surface area (Å²) < 4.78 is 41.8. The van der Waals surface area contributed by atoms with Crippen LogP contribution in [0, 0.1) is 0 Å². The number of hydrogen-bond donors (Lipinski definition) is 2. The van der Waals surface area contributed by atoms with Gasteiger partial charge in [-0.15, -0.1) is 5.10 Å². The molecule has 0 spiro atoms. The maximum Gasteiger partial charge on any atom is 0.416 e. The van der Waals surface area contributed by atoms with Crippen LogP contribution in [0.3, 0.4) is 0 Å². The largest absolute Gasteiger partial charge is 0.416 e. The fourth-order valence-corrected chi connectivity index (χ4v) is 3.00. The van der Waals surface area contributed by atoms with E-state index in [0.717, 1.165) is 37.8 Å². The summed E-state index contributed by atoms with van der Waals surface area (Å²) in [6, 6.07) is 4.70. The van der Waals surface area contributed by atoms with E-state index >= 15 is 0 Å². The van der Waals surface area contributed by atoms with Crippen LogP contribution in [0.5, 0.6) is 0 Å². The summed E-state index contributed by atoms with van der Waals surface area (Å²) in [6.45, 7) is 0.338. The summed E-state index contributed by atoms with van der Waals surface area (Å²) in [5, 5.41) is 9.70. The SMILES string of the molecule is O=C(NCCn1nc(-c2cccc(C(F)(F)F)c2)n(C2CC2)c1=O)NC1CC1. The summed E-state index contributed by atoms with van der Waals surface area (Å²) in [4.78, 5) is 24.4. The van der Waals surface area contributed by atoms with Crippen molar-refractivity contribution in [1.82, 2.24) is 25.0 Å². The van der Waals surface area contributed by atoms with E-state index in [4.69, 9.17) is 0 Å². The van der Waals surface area contributed by atoms with Crippen molar-refractivity contribution in [3.05, 3.63) is 40.3 Å². The van der Waals surface area contributed by atoms with Crippen LogP contribution >= 0.6 is 0 Å². The number of alkyl halides is 3. The Morgan fingerprint density at radius 3 is 2.61 bits per heavy atom. The van der Waals surface area contributed by atoms with E-state index in [1.807, 2.05) is 0 Å². The Labute approximate surface area is 158 Å². The Morgan fingerprint density at radius 2 is 1.96 bits per heavy atom. The third kappa shape index (κ3) is 4.05. The van der Waals surface area contributed by atoms with Crippen LogP contribution < -0.4 is 16.3 Å². The molecule has 2 N–H and O–H groups in total. The Kier molecular flexibility index (Phi) is 4.64. The van der Waals surface area contributed by atoms with Gasteiger partial charge in [0.25, 0.3) is 0 Å². The lowest BCUT2D eigenvalue weighted by molar-refractivity contribution is -0.137. The van der Waals surface area contributed by atoms with Gasteiger partial charge in [-0.1, -0.05) is 12.1 Å². The van der Waals surface area contributed by atoms with Gasteiger partial charge in [0, 0.05) is 24.2 Å². The van der Waals surface area contributed by atoms with Crippen LogP contribution in [0.15, 0.2) is 29.1 Å². The number of rotatable bonds is 6. The van der Waals surface area contributed by atoms with Gasteiger partial charge < -0.3 is 10.6 Å². The minimum absolute atomic E-state index is 0.0445. The minimum Gasteiger partial charge on any atom is -0.336 e. The topological polar surface area (TPSA) is 81.0 Å². The number of carbonyl (C=O) groups is 1. The number of amides is 2. The maximum atomic E-state index is 13.0. The highest BCUT2D eigenvalue weighted by Gasteiger charge is 2.33. The van der Waals surface area contributed by atoms with Gasteiger partial charge in [-0.3, -0.25) is 4.57 Å². The lowest BCUT2D eigenvalue weighted by atomic mass is 10.1. The smallest absolute Gasteiger partial charge is 0.336 e. The molecule has 4 rings (SSSR count). The molecule has 2 aliphatic carbocycles. The van der Waals surface area contributed by atoms with Crippen molar-refractivity contribution < 1.29 is 18.0 Å². The van der Waals surface area contributed by atoms with Crippen molar-refractivity contribution in [1.29, 1.82) is 0 Å². The Bertz CT molecular complexity index is 941. The van der Waals surface area contributed by atoms with E-state index in [2.05, 4.69) is 15.7 Å². The van der Waals surface area contributed by atoms with Crippen molar-refractivity contribution in [2.45, 2.75) is 50.5 Å². The number of benzene rings is 1. The molecule has 1 aromatic heterocycles. The highest BCUT2D eigenvalue weighted by Crippen LogP contribution is 2.37. The minimum atomic E-state index is -4.47. The van der Waals surface area contributed by atoms with Gasteiger partial charge in [0.15, 0.2) is 5.82 Å². The summed E-state index contributed by atoms with van der Waals surface area (Å²) in [5.74, 6) is 0.223. The Balaban J connectivity index is 1.55. The molecule has 0 saturated heterocycles. The molecular weight excluding hydrogens is 375 g/mol. The molecule has 1 aromatic carbocycles. The van der Waals surface area contributed by atoms with Crippen LogP contribution in [-0.4, -0.2) is 33.0 Å². The second-order valence-electron chi connectivity index (χ2n) is 7.18. The molecule has 0 aliphatic heterocycles. The zero-order chi connectivity index (χ0) is 19.9. The first-order valence-electron chi connectivity index (χ1n) is 9.24. The molecule has 28 heavy (non-hydrogen) atoms.